The molecule has 0 spiro atoms. The number of nitrogens with one attached hydrogen (secondary N) is 1. The number of H-pyrrole nitrogens is 1. The molecule has 6 heteroatoms. The first-order chi connectivity index (χ1) is 10.7. The summed E-state index contributed by atoms with van der Waals surface area (Å²) in [5, 5.41) is 6.92. The van der Waals surface area contributed by atoms with Gasteiger partial charge in [0, 0.05) is 29.8 Å². The van der Waals surface area contributed by atoms with Crippen molar-refractivity contribution in [1.29, 1.82) is 0 Å². The molecule has 1 amide bonds. The predicted octanol–water partition coefficient (Wildman–Crippen LogP) is 1.78. The largest absolute Gasteiger partial charge is 0.461 e. The molecule has 0 saturated heterocycles. The lowest BCUT2D eigenvalue weighted by atomic mass is 10.0. The van der Waals surface area contributed by atoms with Crippen LogP contribution in [0.1, 0.15) is 39.0 Å². The third-order valence-corrected chi connectivity index (χ3v) is 3.71. The maximum absolute atomic E-state index is 12.5. The lowest BCUT2D eigenvalue weighted by Crippen LogP contribution is -2.36. The monoisotopic (exact) mass is 299 g/mol. The number of ether oxygens (including phenoxy) is 1. The number of hydrogen-bond donors (Lipinski definition) is 1. The number of hydrogen-bond acceptors (Lipinski definition) is 4. The minimum atomic E-state index is -0.450. The SMILES string of the molecule is CCOC(=O)c1n[nH]c2c1CN(C(=O)c1ccccc1)CC2. The lowest BCUT2D eigenvalue weighted by molar-refractivity contribution is 0.0513. The third kappa shape index (κ3) is 2.59. The normalized spacial score (nSPS) is 13.6. The van der Waals surface area contributed by atoms with E-state index in [-0.39, 0.29) is 11.6 Å². The quantitative estimate of drug-likeness (QED) is 0.877. The van der Waals surface area contributed by atoms with Crippen LogP contribution in [0.15, 0.2) is 30.3 Å². The van der Waals surface area contributed by atoms with E-state index in [0.717, 1.165) is 11.3 Å². The van der Waals surface area contributed by atoms with Crippen molar-refractivity contribution in [3.8, 4) is 0 Å². The Morgan fingerprint density at radius 3 is 2.82 bits per heavy atom. The fourth-order valence-electron chi connectivity index (χ4n) is 2.60. The second-order valence-electron chi connectivity index (χ2n) is 5.09. The number of fused-ring (bicyclic) bond motifs is 1. The number of amides is 1. The van der Waals surface area contributed by atoms with E-state index in [1.807, 2.05) is 18.2 Å². The molecule has 0 unspecified atom stereocenters. The van der Waals surface area contributed by atoms with E-state index in [2.05, 4.69) is 10.2 Å². The highest BCUT2D eigenvalue weighted by molar-refractivity contribution is 5.95. The van der Waals surface area contributed by atoms with Gasteiger partial charge >= 0.3 is 5.97 Å². The standard InChI is InChI=1S/C16H17N3O3/c1-2-22-16(21)14-12-10-19(9-8-13(12)17-18-14)15(20)11-6-4-3-5-7-11/h3-7H,2,8-10H2,1H3,(H,17,18). The van der Waals surface area contributed by atoms with E-state index >= 15 is 0 Å². The van der Waals surface area contributed by atoms with Crippen LogP contribution in [-0.4, -0.2) is 40.1 Å². The Hall–Kier alpha value is -2.63. The van der Waals surface area contributed by atoms with Gasteiger partial charge in [-0.15, -0.1) is 0 Å². The molecule has 114 valence electrons. The molecule has 1 aliphatic rings. The van der Waals surface area contributed by atoms with Crippen LogP contribution in [0.4, 0.5) is 0 Å². The first-order valence-corrected chi connectivity index (χ1v) is 7.28. The molecule has 1 aliphatic heterocycles. The van der Waals surface area contributed by atoms with Crippen molar-refractivity contribution in [1.82, 2.24) is 15.1 Å². The molecule has 0 bridgehead atoms. The highest BCUT2D eigenvalue weighted by Crippen LogP contribution is 2.22. The molecule has 3 rings (SSSR count). The smallest absolute Gasteiger partial charge is 0.359 e. The van der Waals surface area contributed by atoms with Crippen LogP contribution in [0, 0.1) is 0 Å². The summed E-state index contributed by atoms with van der Waals surface area (Å²) in [4.78, 5) is 26.2. The van der Waals surface area contributed by atoms with Gasteiger partial charge in [0.05, 0.1) is 13.2 Å². The zero-order chi connectivity index (χ0) is 15.5. The molecule has 0 fully saturated rings. The number of benzene rings is 1. The van der Waals surface area contributed by atoms with Gasteiger partial charge in [-0.2, -0.15) is 5.10 Å². The van der Waals surface area contributed by atoms with Crippen molar-refractivity contribution < 1.29 is 14.3 Å². The molecule has 0 radical (unpaired) electrons. The van der Waals surface area contributed by atoms with Gasteiger partial charge in [-0.1, -0.05) is 18.2 Å². The molecule has 1 aromatic heterocycles. The van der Waals surface area contributed by atoms with Crippen LogP contribution in [0.3, 0.4) is 0 Å². The van der Waals surface area contributed by atoms with E-state index in [1.54, 1.807) is 24.0 Å². The van der Waals surface area contributed by atoms with Crippen molar-refractivity contribution in [2.75, 3.05) is 13.2 Å². The van der Waals surface area contributed by atoms with Crippen LogP contribution >= 0.6 is 0 Å². The third-order valence-electron chi connectivity index (χ3n) is 3.71. The first-order valence-electron chi connectivity index (χ1n) is 7.28. The van der Waals surface area contributed by atoms with Gasteiger partial charge < -0.3 is 9.64 Å². The molecule has 2 heterocycles. The van der Waals surface area contributed by atoms with Crippen LogP contribution in [-0.2, 0) is 17.7 Å². The number of rotatable bonds is 3. The van der Waals surface area contributed by atoms with Crippen molar-refractivity contribution in [2.24, 2.45) is 0 Å². The summed E-state index contributed by atoms with van der Waals surface area (Å²) < 4.78 is 5.01. The average molecular weight is 299 g/mol. The number of carbonyl (C=O) groups is 2. The number of aromatic amines is 1. The second kappa shape index (κ2) is 6.01. The molecule has 0 aliphatic carbocycles. The summed E-state index contributed by atoms with van der Waals surface area (Å²) in [5.74, 6) is -0.490. The molecule has 1 N–H and O–H groups in total. The summed E-state index contributed by atoms with van der Waals surface area (Å²) in [5.41, 5.74) is 2.59. The van der Waals surface area contributed by atoms with E-state index in [4.69, 9.17) is 4.74 Å². The Morgan fingerprint density at radius 2 is 2.09 bits per heavy atom. The first kappa shape index (κ1) is 14.3. The molecule has 0 saturated carbocycles. The Balaban J connectivity index is 1.82. The minimum Gasteiger partial charge on any atom is -0.461 e. The molecular weight excluding hydrogens is 282 g/mol. The molecule has 0 atom stereocenters. The zero-order valence-electron chi connectivity index (χ0n) is 12.3. The summed E-state index contributed by atoms with van der Waals surface area (Å²) in [6.07, 6.45) is 0.653. The molecule has 1 aromatic carbocycles. The number of carbonyl (C=O) groups excluding carboxylic acids is 2. The van der Waals surface area contributed by atoms with Crippen LogP contribution in [0.2, 0.25) is 0 Å². The van der Waals surface area contributed by atoms with Crippen molar-refractivity contribution >= 4 is 11.9 Å². The number of esters is 1. The average Bonchev–Trinajstić information content (AvgIpc) is 2.98. The van der Waals surface area contributed by atoms with Crippen LogP contribution < -0.4 is 0 Å². The predicted molar refractivity (Wildman–Crippen MR) is 79.4 cm³/mol. The lowest BCUT2D eigenvalue weighted by Gasteiger charge is -2.27. The van der Waals surface area contributed by atoms with Gasteiger partial charge in [0.15, 0.2) is 5.69 Å². The Morgan fingerprint density at radius 1 is 1.32 bits per heavy atom. The topological polar surface area (TPSA) is 75.3 Å². The molecule has 22 heavy (non-hydrogen) atoms. The van der Waals surface area contributed by atoms with Gasteiger partial charge in [0.2, 0.25) is 0 Å². The van der Waals surface area contributed by atoms with Crippen LogP contribution in [0.5, 0.6) is 0 Å². The van der Waals surface area contributed by atoms with Gasteiger partial charge in [-0.25, -0.2) is 4.79 Å². The van der Waals surface area contributed by atoms with Crippen LogP contribution in [0.25, 0.3) is 0 Å². The second-order valence-corrected chi connectivity index (χ2v) is 5.09. The zero-order valence-corrected chi connectivity index (χ0v) is 12.3. The Bertz CT molecular complexity index is 694. The van der Waals surface area contributed by atoms with Gasteiger partial charge in [0.25, 0.3) is 5.91 Å². The fourth-order valence-corrected chi connectivity index (χ4v) is 2.60. The highest BCUT2D eigenvalue weighted by Gasteiger charge is 2.28. The molecule has 6 nitrogen and oxygen atoms in total. The van der Waals surface area contributed by atoms with Crippen molar-refractivity contribution in [2.45, 2.75) is 19.9 Å². The maximum Gasteiger partial charge on any atom is 0.359 e. The summed E-state index contributed by atoms with van der Waals surface area (Å²) >= 11 is 0. The van der Waals surface area contributed by atoms with E-state index in [9.17, 15) is 9.59 Å². The van der Waals surface area contributed by atoms with E-state index in [0.29, 0.717) is 31.7 Å². The summed E-state index contributed by atoms with van der Waals surface area (Å²) in [7, 11) is 0. The van der Waals surface area contributed by atoms with Gasteiger partial charge in [0.1, 0.15) is 0 Å². The Labute approximate surface area is 128 Å². The maximum atomic E-state index is 12.5. The fraction of sp³-hybridized carbons (Fsp3) is 0.312. The van der Waals surface area contributed by atoms with Crippen molar-refractivity contribution in [3.63, 3.8) is 0 Å². The summed E-state index contributed by atoms with van der Waals surface area (Å²) in [6, 6.07) is 9.13. The highest BCUT2D eigenvalue weighted by atomic mass is 16.5. The number of nitrogens with zero attached hydrogens (tertiary/aromatic N) is 2. The van der Waals surface area contributed by atoms with Gasteiger partial charge in [-0.3, -0.25) is 9.89 Å². The van der Waals surface area contributed by atoms with E-state index < -0.39 is 5.97 Å². The van der Waals surface area contributed by atoms with E-state index in [1.165, 1.54) is 0 Å². The number of aromatic nitrogens is 2. The summed E-state index contributed by atoms with van der Waals surface area (Å²) in [6.45, 7) is 3.02. The Kier molecular flexibility index (Phi) is 3.91. The molecule has 2 aromatic rings. The van der Waals surface area contributed by atoms with Gasteiger partial charge in [-0.05, 0) is 19.1 Å². The van der Waals surface area contributed by atoms with Crippen molar-refractivity contribution in [3.05, 3.63) is 52.8 Å². The molecular formula is C16H17N3O3. The minimum absolute atomic E-state index is 0.0396.